The molecule has 0 aliphatic carbocycles. The predicted molar refractivity (Wildman–Crippen MR) is 122 cm³/mol. The number of aryl methyl sites for hydroxylation is 1. The summed E-state index contributed by atoms with van der Waals surface area (Å²) in [6, 6.07) is 12.7. The van der Waals surface area contributed by atoms with Gasteiger partial charge >= 0.3 is 0 Å². The molecule has 2 aliphatic rings. The highest BCUT2D eigenvalue weighted by atomic mass is 16.6. The second-order valence-electron chi connectivity index (χ2n) is 8.03. The van der Waals surface area contributed by atoms with Crippen LogP contribution in [0.5, 0.6) is 11.6 Å². The molecule has 1 fully saturated rings. The number of hydrogen-bond donors (Lipinski definition) is 1. The summed E-state index contributed by atoms with van der Waals surface area (Å²) in [5, 5.41) is 8.27. The van der Waals surface area contributed by atoms with Crippen LogP contribution >= 0.6 is 0 Å². The van der Waals surface area contributed by atoms with Gasteiger partial charge in [-0.15, -0.1) is 0 Å². The number of piperazine rings is 1. The fraction of sp³-hybridized carbons (Fsp3) is 0.292. The van der Waals surface area contributed by atoms with Crippen LogP contribution < -0.4 is 19.7 Å². The normalized spacial score (nSPS) is 15.8. The van der Waals surface area contributed by atoms with Gasteiger partial charge in [-0.1, -0.05) is 12.1 Å². The second-order valence-corrected chi connectivity index (χ2v) is 8.03. The number of hydrogen-bond acceptors (Lipinski definition) is 7. The molecule has 0 saturated carbocycles. The average molecular weight is 428 g/mol. The second kappa shape index (κ2) is 7.80. The molecule has 0 bridgehead atoms. The van der Waals surface area contributed by atoms with E-state index >= 15 is 0 Å². The number of anilines is 1. The standard InChI is InChI=1S/C24H24N6O2/c1-16-20(17-2-4-18(5-3-17)29-10-8-25-9-11-29)14-22-27-15-21(30(22)28-16)19-6-7-26-24-23(19)31-12-13-32-24/h2-7,14-15,25H,8-13H2,1H3. The van der Waals surface area contributed by atoms with Crippen molar-refractivity contribution in [2.24, 2.45) is 0 Å². The number of fused-ring (bicyclic) bond motifs is 2. The van der Waals surface area contributed by atoms with E-state index in [9.17, 15) is 0 Å². The van der Waals surface area contributed by atoms with Gasteiger partial charge in [0.05, 0.1) is 23.1 Å². The fourth-order valence-electron chi connectivity index (χ4n) is 4.41. The molecule has 162 valence electrons. The van der Waals surface area contributed by atoms with E-state index in [0.29, 0.717) is 24.8 Å². The molecule has 5 heterocycles. The Bertz CT molecular complexity index is 1280. The summed E-state index contributed by atoms with van der Waals surface area (Å²) in [5.41, 5.74) is 6.93. The minimum absolute atomic E-state index is 0.503. The predicted octanol–water partition coefficient (Wildman–Crippen LogP) is 2.95. The number of imidazole rings is 1. The smallest absolute Gasteiger partial charge is 0.257 e. The molecule has 1 aromatic carbocycles. The molecule has 1 saturated heterocycles. The van der Waals surface area contributed by atoms with Gasteiger partial charge in [0, 0.05) is 43.6 Å². The quantitative estimate of drug-likeness (QED) is 0.538. The molecule has 6 rings (SSSR count). The lowest BCUT2D eigenvalue weighted by molar-refractivity contribution is 0.165. The van der Waals surface area contributed by atoms with E-state index in [0.717, 1.165) is 59.9 Å². The summed E-state index contributed by atoms with van der Waals surface area (Å²) in [5.74, 6) is 1.16. The van der Waals surface area contributed by atoms with Gasteiger partial charge in [-0.25, -0.2) is 14.5 Å². The zero-order valence-corrected chi connectivity index (χ0v) is 17.9. The first-order valence-electron chi connectivity index (χ1n) is 10.9. The first-order valence-corrected chi connectivity index (χ1v) is 10.9. The molecule has 0 spiro atoms. The summed E-state index contributed by atoms with van der Waals surface area (Å²) in [6.07, 6.45) is 3.55. The molecular weight excluding hydrogens is 404 g/mol. The summed E-state index contributed by atoms with van der Waals surface area (Å²) in [6.45, 7) is 7.17. The maximum absolute atomic E-state index is 5.85. The SMILES string of the molecule is Cc1nn2c(-c3ccnc4c3OCCO4)cnc2cc1-c1ccc(N2CCNCC2)cc1. The number of pyridine rings is 1. The van der Waals surface area contributed by atoms with Crippen molar-refractivity contribution in [1.29, 1.82) is 0 Å². The molecule has 2 aliphatic heterocycles. The van der Waals surface area contributed by atoms with E-state index in [1.165, 1.54) is 5.69 Å². The maximum atomic E-state index is 5.85. The number of nitrogens with one attached hydrogen (secondary N) is 1. The van der Waals surface area contributed by atoms with Crippen LogP contribution in [-0.2, 0) is 0 Å². The maximum Gasteiger partial charge on any atom is 0.257 e. The highest BCUT2D eigenvalue weighted by Crippen LogP contribution is 2.38. The first-order chi connectivity index (χ1) is 15.8. The monoisotopic (exact) mass is 428 g/mol. The van der Waals surface area contributed by atoms with Crippen molar-refractivity contribution >= 4 is 11.3 Å². The van der Waals surface area contributed by atoms with Crippen LogP contribution in [0.2, 0.25) is 0 Å². The van der Waals surface area contributed by atoms with Crippen LogP contribution in [0.15, 0.2) is 48.8 Å². The average Bonchev–Trinajstić information content (AvgIpc) is 3.26. The van der Waals surface area contributed by atoms with Gasteiger partial charge in [0.1, 0.15) is 13.2 Å². The minimum atomic E-state index is 0.503. The van der Waals surface area contributed by atoms with Gasteiger partial charge in [-0.2, -0.15) is 5.10 Å². The van der Waals surface area contributed by atoms with Crippen LogP contribution in [-0.4, -0.2) is 59.0 Å². The van der Waals surface area contributed by atoms with Gasteiger partial charge in [0.25, 0.3) is 5.88 Å². The van der Waals surface area contributed by atoms with Crippen LogP contribution in [0.3, 0.4) is 0 Å². The van der Waals surface area contributed by atoms with E-state index in [2.05, 4.69) is 50.5 Å². The van der Waals surface area contributed by atoms with E-state index < -0.39 is 0 Å². The highest BCUT2D eigenvalue weighted by Gasteiger charge is 2.21. The van der Waals surface area contributed by atoms with Crippen molar-refractivity contribution in [3.8, 4) is 34.0 Å². The van der Waals surface area contributed by atoms with Crippen LogP contribution in [0.4, 0.5) is 5.69 Å². The van der Waals surface area contributed by atoms with Gasteiger partial charge in [-0.05, 0) is 36.8 Å². The Kier molecular flexibility index (Phi) is 4.65. The minimum Gasteiger partial charge on any atom is -0.484 e. The molecular formula is C24H24N6O2. The topological polar surface area (TPSA) is 76.8 Å². The number of ether oxygens (including phenoxy) is 2. The Morgan fingerprint density at radius 3 is 2.59 bits per heavy atom. The number of nitrogens with zero attached hydrogens (tertiary/aromatic N) is 5. The molecule has 32 heavy (non-hydrogen) atoms. The van der Waals surface area contributed by atoms with Crippen molar-refractivity contribution in [2.75, 3.05) is 44.3 Å². The highest BCUT2D eigenvalue weighted by molar-refractivity contribution is 5.75. The molecule has 0 atom stereocenters. The van der Waals surface area contributed by atoms with Crippen molar-refractivity contribution in [3.63, 3.8) is 0 Å². The summed E-state index contributed by atoms with van der Waals surface area (Å²) >= 11 is 0. The Morgan fingerprint density at radius 2 is 1.75 bits per heavy atom. The van der Waals surface area contributed by atoms with Gasteiger partial charge < -0.3 is 19.7 Å². The molecule has 4 aromatic rings. The lowest BCUT2D eigenvalue weighted by atomic mass is 10.0. The van der Waals surface area contributed by atoms with Crippen molar-refractivity contribution in [1.82, 2.24) is 24.9 Å². The van der Waals surface area contributed by atoms with Gasteiger partial charge in [0.2, 0.25) is 0 Å². The molecule has 0 unspecified atom stereocenters. The largest absolute Gasteiger partial charge is 0.484 e. The molecule has 8 nitrogen and oxygen atoms in total. The zero-order valence-electron chi connectivity index (χ0n) is 17.9. The summed E-state index contributed by atoms with van der Waals surface area (Å²) in [7, 11) is 0. The van der Waals surface area contributed by atoms with Crippen LogP contribution in [0.25, 0.3) is 28.0 Å². The van der Waals surface area contributed by atoms with Gasteiger partial charge in [0.15, 0.2) is 11.4 Å². The number of benzene rings is 1. The van der Waals surface area contributed by atoms with Crippen LogP contribution in [0.1, 0.15) is 5.69 Å². The number of rotatable bonds is 3. The molecule has 3 aromatic heterocycles. The molecule has 8 heteroatoms. The lowest BCUT2D eigenvalue weighted by Gasteiger charge is -2.29. The third-order valence-electron chi connectivity index (χ3n) is 6.05. The summed E-state index contributed by atoms with van der Waals surface area (Å²) < 4.78 is 13.3. The van der Waals surface area contributed by atoms with Crippen molar-refractivity contribution < 1.29 is 9.47 Å². The molecule has 0 amide bonds. The zero-order chi connectivity index (χ0) is 21.5. The Labute approximate surface area is 185 Å². The first kappa shape index (κ1) is 19.1. The van der Waals surface area contributed by atoms with E-state index in [4.69, 9.17) is 14.6 Å². The third kappa shape index (κ3) is 3.23. The van der Waals surface area contributed by atoms with Gasteiger partial charge in [-0.3, -0.25) is 0 Å². The van der Waals surface area contributed by atoms with E-state index in [-0.39, 0.29) is 0 Å². The van der Waals surface area contributed by atoms with Crippen molar-refractivity contribution in [2.45, 2.75) is 6.92 Å². The van der Waals surface area contributed by atoms with E-state index in [1.54, 1.807) is 6.20 Å². The Morgan fingerprint density at radius 1 is 0.938 bits per heavy atom. The summed E-state index contributed by atoms with van der Waals surface area (Å²) in [4.78, 5) is 11.3. The Balaban J connectivity index is 1.37. The third-order valence-corrected chi connectivity index (χ3v) is 6.05. The van der Waals surface area contributed by atoms with Crippen LogP contribution in [0, 0.1) is 6.92 Å². The molecule has 0 radical (unpaired) electrons. The fourth-order valence-corrected chi connectivity index (χ4v) is 4.41. The van der Waals surface area contributed by atoms with Crippen molar-refractivity contribution in [3.05, 3.63) is 54.5 Å². The lowest BCUT2D eigenvalue weighted by Crippen LogP contribution is -2.43. The van der Waals surface area contributed by atoms with E-state index in [1.807, 2.05) is 23.7 Å². The Hall–Kier alpha value is -3.65. The number of aromatic nitrogens is 4. The molecule has 1 N–H and O–H groups in total.